The van der Waals surface area contributed by atoms with E-state index < -0.39 is 0 Å². The topological polar surface area (TPSA) is 44.1 Å². The Morgan fingerprint density at radius 1 is 1.08 bits per heavy atom. The van der Waals surface area contributed by atoms with Crippen molar-refractivity contribution >= 4 is 44.8 Å². The van der Waals surface area contributed by atoms with Crippen LogP contribution in [0, 0.1) is 0 Å². The molecule has 0 aliphatic carbocycles. The van der Waals surface area contributed by atoms with Crippen molar-refractivity contribution < 1.29 is 4.74 Å². The number of hydrogen-bond acceptors (Lipinski definition) is 4. The number of nitrogens with zero attached hydrogens (tertiary/aromatic N) is 2. The summed E-state index contributed by atoms with van der Waals surface area (Å²) in [5, 5.41) is 1.11. The van der Waals surface area contributed by atoms with Gasteiger partial charge in [0.2, 0.25) is 0 Å². The number of rotatable bonds is 3. The van der Waals surface area contributed by atoms with Crippen molar-refractivity contribution in [2.45, 2.75) is 0 Å². The van der Waals surface area contributed by atoms with Gasteiger partial charge in [0.05, 0.1) is 23.3 Å². The van der Waals surface area contributed by atoms with Crippen LogP contribution in [0.3, 0.4) is 0 Å². The van der Waals surface area contributed by atoms with Gasteiger partial charge in [-0.15, -0.1) is 11.3 Å². The minimum atomic E-state index is -0.138. The standard InChI is InChI=1S/C19H12Cl2N2O2S/c1-25-16-7-6-13(8-14(16)21)23-10-22-15-9-17(26-18(15)19(23)24)11-2-4-12(20)5-3-11/h2-10H,1H3. The molecule has 26 heavy (non-hydrogen) atoms. The van der Waals surface area contributed by atoms with Gasteiger partial charge in [0.25, 0.3) is 5.56 Å². The molecule has 4 nitrogen and oxygen atoms in total. The second kappa shape index (κ2) is 6.76. The van der Waals surface area contributed by atoms with Crippen LogP contribution in [0.15, 0.2) is 59.7 Å². The van der Waals surface area contributed by atoms with Gasteiger partial charge in [-0.1, -0.05) is 35.3 Å². The Kier molecular flexibility index (Phi) is 4.44. The third-order valence-corrected chi connectivity index (χ3v) is 5.69. The Morgan fingerprint density at radius 2 is 1.85 bits per heavy atom. The van der Waals surface area contributed by atoms with Gasteiger partial charge in [0, 0.05) is 9.90 Å². The fourth-order valence-corrected chi connectivity index (χ4v) is 4.08. The molecule has 2 aromatic carbocycles. The Morgan fingerprint density at radius 3 is 2.54 bits per heavy atom. The number of benzene rings is 2. The second-order valence-corrected chi connectivity index (χ2v) is 7.47. The van der Waals surface area contributed by atoms with Gasteiger partial charge in [0.1, 0.15) is 16.8 Å². The highest BCUT2D eigenvalue weighted by Gasteiger charge is 2.12. The first-order chi connectivity index (χ1) is 12.6. The number of hydrogen-bond donors (Lipinski definition) is 0. The molecule has 0 saturated heterocycles. The van der Waals surface area contributed by atoms with Crippen molar-refractivity contribution in [3.8, 4) is 21.9 Å². The van der Waals surface area contributed by atoms with Crippen LogP contribution in [0.4, 0.5) is 0 Å². The highest BCUT2D eigenvalue weighted by Crippen LogP contribution is 2.32. The molecule has 0 bridgehead atoms. The van der Waals surface area contributed by atoms with E-state index in [4.69, 9.17) is 27.9 Å². The molecule has 0 aliphatic heterocycles. The van der Waals surface area contributed by atoms with E-state index in [-0.39, 0.29) is 5.56 Å². The molecule has 0 atom stereocenters. The van der Waals surface area contributed by atoms with Crippen LogP contribution >= 0.6 is 34.5 Å². The van der Waals surface area contributed by atoms with Crippen molar-refractivity contribution in [3.05, 3.63) is 75.3 Å². The van der Waals surface area contributed by atoms with Crippen molar-refractivity contribution in [3.63, 3.8) is 0 Å². The first-order valence-corrected chi connectivity index (χ1v) is 9.25. The van der Waals surface area contributed by atoms with E-state index in [2.05, 4.69) is 4.98 Å². The number of fused-ring (bicyclic) bond motifs is 1. The van der Waals surface area contributed by atoms with Crippen LogP contribution in [-0.4, -0.2) is 16.7 Å². The zero-order chi connectivity index (χ0) is 18.3. The monoisotopic (exact) mass is 402 g/mol. The molecule has 4 aromatic rings. The van der Waals surface area contributed by atoms with Gasteiger partial charge >= 0.3 is 0 Å². The lowest BCUT2D eigenvalue weighted by atomic mass is 10.2. The van der Waals surface area contributed by atoms with Gasteiger partial charge < -0.3 is 4.74 Å². The van der Waals surface area contributed by atoms with E-state index >= 15 is 0 Å². The smallest absolute Gasteiger partial charge is 0.275 e. The highest BCUT2D eigenvalue weighted by molar-refractivity contribution is 7.22. The number of aromatic nitrogens is 2. The molecule has 0 N–H and O–H groups in total. The zero-order valence-electron chi connectivity index (χ0n) is 13.6. The minimum absolute atomic E-state index is 0.138. The van der Waals surface area contributed by atoms with Gasteiger partial charge in [-0.05, 0) is 42.0 Å². The van der Waals surface area contributed by atoms with Crippen LogP contribution in [0.2, 0.25) is 10.0 Å². The number of methoxy groups -OCH3 is 1. The van der Waals surface area contributed by atoms with Gasteiger partial charge in [0.15, 0.2) is 0 Å². The highest BCUT2D eigenvalue weighted by atomic mass is 35.5. The predicted octanol–water partition coefficient (Wildman–Crippen LogP) is 5.43. The van der Waals surface area contributed by atoms with Crippen molar-refractivity contribution in [2.24, 2.45) is 0 Å². The largest absolute Gasteiger partial charge is 0.495 e. The van der Waals surface area contributed by atoms with Crippen LogP contribution in [0.25, 0.3) is 26.3 Å². The maximum absolute atomic E-state index is 12.9. The fraction of sp³-hybridized carbons (Fsp3) is 0.0526. The number of halogens is 2. The maximum Gasteiger partial charge on any atom is 0.275 e. The predicted molar refractivity (Wildman–Crippen MR) is 107 cm³/mol. The summed E-state index contributed by atoms with van der Waals surface area (Å²) >= 11 is 13.5. The maximum atomic E-state index is 12.9. The number of thiophene rings is 1. The summed E-state index contributed by atoms with van der Waals surface area (Å²) in [5.74, 6) is 0.554. The molecule has 2 heterocycles. The molecule has 7 heteroatoms. The van der Waals surface area contributed by atoms with E-state index in [9.17, 15) is 4.79 Å². The SMILES string of the molecule is COc1ccc(-n2cnc3cc(-c4ccc(Cl)cc4)sc3c2=O)cc1Cl. The quantitative estimate of drug-likeness (QED) is 0.458. The summed E-state index contributed by atoms with van der Waals surface area (Å²) in [5.41, 5.74) is 2.16. The first-order valence-electron chi connectivity index (χ1n) is 7.68. The molecule has 130 valence electrons. The summed E-state index contributed by atoms with van der Waals surface area (Å²) in [7, 11) is 1.55. The van der Waals surface area contributed by atoms with Gasteiger partial charge in [-0.25, -0.2) is 4.98 Å². The van der Waals surface area contributed by atoms with Gasteiger partial charge in [-0.2, -0.15) is 0 Å². The summed E-state index contributed by atoms with van der Waals surface area (Å²) < 4.78 is 7.22. The Balaban J connectivity index is 1.83. The van der Waals surface area contributed by atoms with Crippen LogP contribution in [0.1, 0.15) is 0 Å². The average Bonchev–Trinajstić information content (AvgIpc) is 3.08. The van der Waals surface area contributed by atoms with Crippen molar-refractivity contribution in [1.82, 2.24) is 9.55 Å². The van der Waals surface area contributed by atoms with E-state index in [1.165, 1.54) is 22.2 Å². The molecular formula is C19H12Cl2N2O2S. The molecule has 4 rings (SSSR count). The Bertz CT molecular complexity index is 1170. The summed E-state index contributed by atoms with van der Waals surface area (Å²) in [6.07, 6.45) is 1.52. The van der Waals surface area contributed by atoms with Crippen LogP contribution in [-0.2, 0) is 0 Å². The van der Waals surface area contributed by atoms with Crippen LogP contribution < -0.4 is 10.3 Å². The van der Waals surface area contributed by atoms with E-state index in [0.717, 1.165) is 10.4 Å². The molecule has 2 aromatic heterocycles. The van der Waals surface area contributed by atoms with Gasteiger partial charge in [-0.3, -0.25) is 9.36 Å². The van der Waals surface area contributed by atoms with Crippen molar-refractivity contribution in [1.29, 1.82) is 0 Å². The average molecular weight is 403 g/mol. The second-order valence-electron chi connectivity index (χ2n) is 5.57. The van der Waals surface area contributed by atoms with Crippen molar-refractivity contribution in [2.75, 3.05) is 7.11 Å². The molecule has 0 amide bonds. The summed E-state index contributed by atoms with van der Waals surface area (Å²) in [6.45, 7) is 0. The molecular weight excluding hydrogens is 391 g/mol. The zero-order valence-corrected chi connectivity index (χ0v) is 15.9. The van der Waals surface area contributed by atoms with E-state index in [1.807, 2.05) is 30.3 Å². The molecule has 0 unspecified atom stereocenters. The Hall–Kier alpha value is -2.34. The third kappa shape index (κ3) is 2.98. The lowest BCUT2D eigenvalue weighted by Crippen LogP contribution is -2.17. The lowest BCUT2D eigenvalue weighted by Gasteiger charge is -2.08. The van der Waals surface area contributed by atoms with E-state index in [1.54, 1.807) is 25.3 Å². The summed E-state index contributed by atoms with van der Waals surface area (Å²) in [4.78, 5) is 18.3. The molecule has 0 fully saturated rings. The van der Waals surface area contributed by atoms with Crippen LogP contribution in [0.5, 0.6) is 5.75 Å². The minimum Gasteiger partial charge on any atom is -0.495 e. The Labute approximate surface area is 163 Å². The molecule has 0 aliphatic rings. The fourth-order valence-electron chi connectivity index (χ4n) is 2.66. The molecule has 0 radical (unpaired) electrons. The molecule has 0 spiro atoms. The normalized spacial score (nSPS) is 11.0. The summed E-state index contributed by atoms with van der Waals surface area (Å²) in [6, 6.07) is 14.6. The number of ether oxygens (including phenoxy) is 1. The molecule has 0 saturated carbocycles. The third-order valence-electron chi connectivity index (χ3n) is 3.98. The first kappa shape index (κ1) is 17.1. The lowest BCUT2D eigenvalue weighted by molar-refractivity contribution is 0.415. The van der Waals surface area contributed by atoms with E-state index in [0.29, 0.717) is 31.7 Å².